The van der Waals surface area contributed by atoms with Crippen molar-refractivity contribution in [3.05, 3.63) is 0 Å². The minimum atomic E-state index is -0.259. The average Bonchev–Trinajstić information content (AvgIpc) is 3.51. The van der Waals surface area contributed by atoms with Gasteiger partial charge in [-0.3, -0.25) is 43.9 Å². The van der Waals surface area contributed by atoms with Crippen LogP contribution in [-0.2, 0) is 9.59 Å². The zero-order valence-corrected chi connectivity index (χ0v) is 61.1. The second kappa shape index (κ2) is 50.5. The number of rotatable bonds is 30. The van der Waals surface area contributed by atoms with E-state index in [1.165, 1.54) is 85.1 Å². The van der Waals surface area contributed by atoms with Crippen molar-refractivity contribution in [2.45, 2.75) is 166 Å². The molecule has 0 amide bonds. The van der Waals surface area contributed by atoms with E-state index in [0.717, 1.165) is 163 Å². The summed E-state index contributed by atoms with van der Waals surface area (Å²) in [5.74, 6) is 2.16. The Balaban J connectivity index is 0. The van der Waals surface area contributed by atoms with E-state index in [9.17, 15) is 9.59 Å². The van der Waals surface area contributed by atoms with Crippen LogP contribution < -0.4 is 0 Å². The summed E-state index contributed by atoms with van der Waals surface area (Å²) in [5.41, 5.74) is -0.509. The van der Waals surface area contributed by atoms with Gasteiger partial charge in [0.2, 0.25) is 0 Å². The fourth-order valence-electron chi connectivity index (χ4n) is 10.4. The highest BCUT2D eigenvalue weighted by Gasteiger charge is 2.26. The minimum Gasteiger partial charge on any atom is -0.301 e. The number of hydrogen-bond acceptors (Lipinski definition) is 16. The molecule has 0 bridgehead atoms. The third-order valence-corrected chi connectivity index (χ3v) is 17.4. The van der Waals surface area contributed by atoms with E-state index in [-0.39, 0.29) is 10.8 Å². The van der Waals surface area contributed by atoms with Crippen LogP contribution in [-0.4, -0.2) is 329 Å². The van der Waals surface area contributed by atoms with Gasteiger partial charge in [0.15, 0.2) is 11.6 Å². The van der Waals surface area contributed by atoms with Crippen LogP contribution in [0.4, 0.5) is 0 Å². The first-order chi connectivity index (χ1) is 39.7. The highest BCUT2D eigenvalue weighted by molar-refractivity contribution is 5.85. The number of nitrogens with zero attached hydrogens (tertiary/aromatic N) is 14. The van der Waals surface area contributed by atoms with E-state index >= 15 is 0 Å². The zero-order chi connectivity index (χ0) is 64.3. The summed E-state index contributed by atoms with van der Waals surface area (Å²) in [6, 6.07) is 0. The molecule has 0 aliphatic carbocycles. The van der Waals surface area contributed by atoms with Gasteiger partial charge in [-0.05, 0) is 103 Å². The SMILES string of the molecule is CCN(CC)CN(CC(=O)C(C)(C)C)CN(CC)CC.CCN(CC)CN(CC(C)C)CN(CC)CC.CCN1CCN(CC)CCN(CC(=O)C(C)(C)C)CCN(CC)CC1.CCN1CCN(CC)CCN(CC(C)C)CCN(CC)CC1. The van der Waals surface area contributed by atoms with Crippen LogP contribution in [0.1, 0.15) is 166 Å². The molecule has 2 rings (SSSR count). The maximum Gasteiger partial charge on any atom is 0.152 e. The number of carbonyl (C=O) groups is 2. The molecule has 0 aromatic heterocycles. The van der Waals surface area contributed by atoms with Gasteiger partial charge in [-0.15, -0.1) is 0 Å². The fraction of sp³-hybridized carbons (Fsp3) is 0.971. The molecule has 0 unspecified atom stereocenters. The van der Waals surface area contributed by atoms with Gasteiger partial charge < -0.3 is 34.3 Å². The Bertz CT molecular complexity index is 1440. The van der Waals surface area contributed by atoms with Crippen molar-refractivity contribution in [2.75, 3.05) is 249 Å². The Hall–Kier alpha value is -1.22. The van der Waals surface area contributed by atoms with Crippen LogP contribution in [0.5, 0.6) is 0 Å². The van der Waals surface area contributed by atoms with Crippen molar-refractivity contribution < 1.29 is 9.59 Å². The molecule has 16 nitrogen and oxygen atoms in total. The van der Waals surface area contributed by atoms with Gasteiger partial charge in [-0.25, -0.2) is 0 Å². The van der Waals surface area contributed by atoms with Crippen molar-refractivity contribution >= 4 is 11.6 Å². The first-order valence-corrected chi connectivity index (χ1v) is 34.9. The van der Waals surface area contributed by atoms with E-state index in [0.29, 0.717) is 24.7 Å². The molecule has 16 heteroatoms. The summed E-state index contributed by atoms with van der Waals surface area (Å²) in [7, 11) is 0. The zero-order valence-electron chi connectivity index (χ0n) is 61.1. The summed E-state index contributed by atoms with van der Waals surface area (Å²) in [6.45, 7) is 94.0. The fourth-order valence-corrected chi connectivity index (χ4v) is 10.4. The average molecular weight is 1200 g/mol. The van der Waals surface area contributed by atoms with Gasteiger partial charge >= 0.3 is 0 Å². The maximum atomic E-state index is 12.5. The lowest BCUT2D eigenvalue weighted by atomic mass is 9.90. The van der Waals surface area contributed by atoms with Gasteiger partial charge in [-0.1, -0.05) is 166 Å². The highest BCUT2D eigenvalue weighted by atomic mass is 16.1. The normalized spacial score (nSPS) is 17.9. The third kappa shape index (κ3) is 41.9. The van der Waals surface area contributed by atoms with Gasteiger partial charge in [-0.2, -0.15) is 0 Å². The van der Waals surface area contributed by atoms with Crippen LogP contribution in [0.2, 0.25) is 0 Å². The van der Waals surface area contributed by atoms with Gasteiger partial charge in [0.1, 0.15) is 0 Å². The van der Waals surface area contributed by atoms with Crippen LogP contribution in [0.15, 0.2) is 0 Å². The first-order valence-electron chi connectivity index (χ1n) is 34.9. The van der Waals surface area contributed by atoms with Crippen molar-refractivity contribution in [2.24, 2.45) is 22.7 Å². The maximum absolute atomic E-state index is 12.5. The van der Waals surface area contributed by atoms with Crippen LogP contribution in [0.25, 0.3) is 0 Å². The third-order valence-electron chi connectivity index (χ3n) is 17.4. The van der Waals surface area contributed by atoms with Gasteiger partial charge in [0.05, 0.1) is 39.8 Å². The lowest BCUT2D eigenvalue weighted by Crippen LogP contribution is -2.47. The smallest absolute Gasteiger partial charge is 0.152 e. The molecular weight excluding hydrogens is 1040 g/mol. The number of likely N-dealkylation sites (N-methyl/N-ethyl adjacent to an activating group) is 6. The summed E-state index contributed by atoms with van der Waals surface area (Å²) < 4.78 is 0. The van der Waals surface area contributed by atoms with Crippen LogP contribution in [0.3, 0.4) is 0 Å². The largest absolute Gasteiger partial charge is 0.301 e. The predicted octanol–water partition coefficient (Wildman–Crippen LogP) is 8.85. The van der Waals surface area contributed by atoms with E-state index in [4.69, 9.17) is 0 Å². The van der Waals surface area contributed by atoms with E-state index in [1.807, 2.05) is 41.5 Å². The number of Topliss-reactive ketones (excluding diaryl/α,β-unsaturated/α-hetero) is 2. The van der Waals surface area contributed by atoms with Gasteiger partial charge in [0, 0.05) is 129 Å². The van der Waals surface area contributed by atoms with Crippen LogP contribution in [0, 0.1) is 22.7 Å². The number of carbonyl (C=O) groups excluding carboxylic acids is 2. The monoisotopic (exact) mass is 1200 g/mol. The quantitative estimate of drug-likeness (QED) is 0.0643. The van der Waals surface area contributed by atoms with E-state index in [1.54, 1.807) is 0 Å². The highest BCUT2D eigenvalue weighted by Crippen LogP contribution is 2.17. The second-order valence-electron chi connectivity index (χ2n) is 26.8. The molecule has 0 aromatic rings. The summed E-state index contributed by atoms with van der Waals surface area (Å²) >= 11 is 0. The molecule has 0 spiro atoms. The Morgan fingerprint density at radius 1 is 0.310 bits per heavy atom. The van der Waals surface area contributed by atoms with Crippen molar-refractivity contribution in [3.63, 3.8) is 0 Å². The van der Waals surface area contributed by atoms with E-state index in [2.05, 4.69) is 193 Å². The van der Waals surface area contributed by atoms with E-state index < -0.39 is 0 Å². The standard InChI is InChI=1S/C20H42N4O.C18H40N4.C16H35N3O.C14H33N3/c1-7-21-10-12-22(8-2)14-16-24(18-19(25)20(4,5)6)17-15-23(9-3)13-11-21;1-6-19-9-11-20(7-2)13-15-22(17-18(4)5)16-14-21(8-3)12-10-19;1-8-17(9-2)13-19(14-18(10-3)11-4)12-15(20)16(5,6)7;1-7-15(8-2)12-17(11-14(5)6)13-16(9-3)10-4/h7-18H2,1-6H3;18H,6-17H2,1-5H3;8-14H2,1-7H3;14H,7-13H2,1-6H3. The second-order valence-corrected chi connectivity index (χ2v) is 26.8. The minimum absolute atomic E-state index is 0.250. The molecule has 2 aliphatic rings. The Morgan fingerprint density at radius 3 is 0.738 bits per heavy atom. The molecule has 0 saturated carbocycles. The molecule has 0 aromatic carbocycles. The lowest BCUT2D eigenvalue weighted by Gasteiger charge is -2.34. The topological polar surface area (TPSA) is 79.5 Å². The van der Waals surface area contributed by atoms with Crippen molar-refractivity contribution in [3.8, 4) is 0 Å². The Morgan fingerprint density at radius 2 is 0.536 bits per heavy atom. The summed E-state index contributed by atoms with van der Waals surface area (Å²) in [6.07, 6.45) is 0. The number of hydrogen-bond donors (Lipinski definition) is 0. The van der Waals surface area contributed by atoms with Gasteiger partial charge in [0.25, 0.3) is 0 Å². The lowest BCUT2D eigenvalue weighted by molar-refractivity contribution is -0.129. The summed E-state index contributed by atoms with van der Waals surface area (Å²) in [4.78, 5) is 59.9. The molecule has 2 saturated heterocycles. The summed E-state index contributed by atoms with van der Waals surface area (Å²) in [5, 5.41) is 0. The molecule has 84 heavy (non-hydrogen) atoms. The molecule has 2 fully saturated rings. The molecule has 504 valence electrons. The molecule has 0 atom stereocenters. The first kappa shape index (κ1) is 84.8. The molecule has 2 aliphatic heterocycles. The molecule has 2 heterocycles. The number of ketones is 2. The molecule has 0 radical (unpaired) electrons. The predicted molar refractivity (Wildman–Crippen MR) is 369 cm³/mol. The van der Waals surface area contributed by atoms with Crippen LogP contribution >= 0.6 is 0 Å². The van der Waals surface area contributed by atoms with Crippen molar-refractivity contribution in [1.82, 2.24) is 68.6 Å². The van der Waals surface area contributed by atoms with Crippen molar-refractivity contribution in [1.29, 1.82) is 0 Å². The Labute approximate surface area is 525 Å². The molecular formula is C68H150N14O2. The molecule has 0 N–H and O–H groups in total. The Kier molecular flexibility index (Phi) is 51.0.